The highest BCUT2D eigenvalue weighted by Crippen LogP contribution is 2.36. The zero-order valence-corrected chi connectivity index (χ0v) is 15.6. The summed E-state index contributed by atoms with van der Waals surface area (Å²) in [6.07, 6.45) is 1.96. The Morgan fingerprint density at radius 3 is 2.73 bits per heavy atom. The van der Waals surface area contributed by atoms with Crippen molar-refractivity contribution in [1.82, 2.24) is 10.2 Å². The standard InChI is InChI=1S/C21H28N2O3/c1-14(2)20-16(11-12-26-20)13-22-21(25)17-9-10-18(24)23(3)19(17)15-7-5-4-6-8-15/h4-8,16-17,19-20H,1,9-13H2,2-3H3,(H,22,25). The molecule has 0 aliphatic carbocycles. The molecule has 1 aromatic rings. The summed E-state index contributed by atoms with van der Waals surface area (Å²) < 4.78 is 5.72. The zero-order chi connectivity index (χ0) is 18.7. The van der Waals surface area contributed by atoms with Crippen LogP contribution < -0.4 is 5.32 Å². The second kappa shape index (κ2) is 8.04. The van der Waals surface area contributed by atoms with Gasteiger partial charge in [0.1, 0.15) is 0 Å². The molecular formula is C21H28N2O3. The van der Waals surface area contributed by atoms with Gasteiger partial charge in [-0.3, -0.25) is 9.59 Å². The number of rotatable bonds is 5. The van der Waals surface area contributed by atoms with Crippen LogP contribution >= 0.6 is 0 Å². The van der Waals surface area contributed by atoms with Crippen molar-refractivity contribution in [3.8, 4) is 0 Å². The summed E-state index contributed by atoms with van der Waals surface area (Å²) >= 11 is 0. The van der Waals surface area contributed by atoms with Crippen LogP contribution in [0.15, 0.2) is 42.5 Å². The SMILES string of the molecule is C=C(C)C1OCCC1CNC(=O)C1CCC(=O)N(C)C1c1ccccc1. The molecule has 2 saturated heterocycles. The number of nitrogens with zero attached hydrogens (tertiary/aromatic N) is 1. The molecule has 0 spiro atoms. The monoisotopic (exact) mass is 356 g/mol. The Labute approximate surface area is 155 Å². The van der Waals surface area contributed by atoms with E-state index in [1.807, 2.05) is 37.3 Å². The molecule has 5 nitrogen and oxygen atoms in total. The van der Waals surface area contributed by atoms with Gasteiger partial charge in [0.05, 0.1) is 18.1 Å². The van der Waals surface area contributed by atoms with Crippen molar-refractivity contribution in [3.63, 3.8) is 0 Å². The van der Waals surface area contributed by atoms with E-state index in [9.17, 15) is 9.59 Å². The molecule has 4 unspecified atom stereocenters. The predicted molar refractivity (Wildman–Crippen MR) is 100 cm³/mol. The van der Waals surface area contributed by atoms with Crippen molar-refractivity contribution in [1.29, 1.82) is 0 Å². The Morgan fingerprint density at radius 1 is 1.31 bits per heavy atom. The van der Waals surface area contributed by atoms with E-state index in [4.69, 9.17) is 4.74 Å². The fourth-order valence-electron chi connectivity index (χ4n) is 4.17. The number of carbonyl (C=O) groups is 2. The van der Waals surface area contributed by atoms with E-state index < -0.39 is 0 Å². The largest absolute Gasteiger partial charge is 0.374 e. The molecule has 2 aliphatic heterocycles. The number of ether oxygens (including phenoxy) is 1. The summed E-state index contributed by atoms with van der Waals surface area (Å²) in [4.78, 5) is 26.9. The second-order valence-electron chi connectivity index (χ2n) is 7.44. The van der Waals surface area contributed by atoms with Crippen molar-refractivity contribution >= 4 is 11.8 Å². The molecule has 3 rings (SSSR count). The van der Waals surface area contributed by atoms with Crippen LogP contribution in [0.5, 0.6) is 0 Å². The first-order chi connectivity index (χ1) is 12.5. The van der Waals surface area contributed by atoms with Gasteiger partial charge < -0.3 is 15.0 Å². The molecule has 4 atom stereocenters. The zero-order valence-electron chi connectivity index (χ0n) is 15.6. The fourth-order valence-corrected chi connectivity index (χ4v) is 4.17. The van der Waals surface area contributed by atoms with Crippen LogP contribution in [0.2, 0.25) is 0 Å². The highest BCUT2D eigenvalue weighted by Gasteiger charge is 2.39. The fraction of sp³-hybridized carbons (Fsp3) is 0.524. The van der Waals surface area contributed by atoms with E-state index in [-0.39, 0.29) is 35.8 Å². The lowest BCUT2D eigenvalue weighted by Crippen LogP contribution is -2.47. The average molecular weight is 356 g/mol. The number of hydrogen-bond acceptors (Lipinski definition) is 3. The van der Waals surface area contributed by atoms with E-state index in [2.05, 4.69) is 11.9 Å². The molecule has 2 fully saturated rings. The van der Waals surface area contributed by atoms with Gasteiger partial charge in [-0.25, -0.2) is 0 Å². The van der Waals surface area contributed by atoms with Crippen LogP contribution in [0.25, 0.3) is 0 Å². The van der Waals surface area contributed by atoms with E-state index in [1.54, 1.807) is 11.9 Å². The van der Waals surface area contributed by atoms with E-state index >= 15 is 0 Å². The molecule has 2 heterocycles. The lowest BCUT2D eigenvalue weighted by molar-refractivity contribution is -0.141. The Balaban J connectivity index is 1.70. The normalized spacial score (nSPS) is 28.8. The Bertz CT molecular complexity index is 673. The summed E-state index contributed by atoms with van der Waals surface area (Å²) in [6.45, 7) is 7.27. The third-order valence-corrected chi connectivity index (χ3v) is 5.58. The van der Waals surface area contributed by atoms with Gasteiger partial charge in [0.25, 0.3) is 0 Å². The van der Waals surface area contributed by atoms with Crippen LogP contribution in [0.3, 0.4) is 0 Å². The Morgan fingerprint density at radius 2 is 2.04 bits per heavy atom. The van der Waals surface area contributed by atoms with Gasteiger partial charge in [0.2, 0.25) is 11.8 Å². The lowest BCUT2D eigenvalue weighted by Gasteiger charge is -2.38. The molecule has 1 aromatic carbocycles. The summed E-state index contributed by atoms with van der Waals surface area (Å²) in [5.41, 5.74) is 2.01. The van der Waals surface area contributed by atoms with Gasteiger partial charge in [-0.05, 0) is 25.3 Å². The number of hydrogen-bond donors (Lipinski definition) is 1. The van der Waals surface area contributed by atoms with Gasteiger partial charge in [-0.15, -0.1) is 0 Å². The summed E-state index contributed by atoms with van der Waals surface area (Å²) in [7, 11) is 1.79. The first kappa shape index (κ1) is 18.6. The molecule has 26 heavy (non-hydrogen) atoms. The lowest BCUT2D eigenvalue weighted by atomic mass is 9.84. The molecule has 0 aromatic heterocycles. The third-order valence-electron chi connectivity index (χ3n) is 5.58. The van der Waals surface area contributed by atoms with Crippen molar-refractivity contribution in [2.75, 3.05) is 20.2 Å². The molecule has 0 bridgehead atoms. The number of amides is 2. The summed E-state index contributed by atoms with van der Waals surface area (Å²) in [5, 5.41) is 3.12. The van der Waals surface area contributed by atoms with Gasteiger partial charge in [0.15, 0.2) is 0 Å². The van der Waals surface area contributed by atoms with Gasteiger partial charge in [0, 0.05) is 32.5 Å². The molecule has 0 saturated carbocycles. The predicted octanol–water partition coefficient (Wildman–Crippen LogP) is 2.69. The number of nitrogens with one attached hydrogen (secondary N) is 1. The molecule has 0 radical (unpaired) electrons. The van der Waals surface area contributed by atoms with Crippen molar-refractivity contribution in [2.45, 2.75) is 38.3 Å². The maximum absolute atomic E-state index is 13.0. The molecule has 2 amide bonds. The van der Waals surface area contributed by atoms with Crippen molar-refractivity contribution in [2.24, 2.45) is 11.8 Å². The highest BCUT2D eigenvalue weighted by molar-refractivity contribution is 5.84. The third kappa shape index (κ3) is 3.83. The minimum Gasteiger partial charge on any atom is -0.374 e. The van der Waals surface area contributed by atoms with Crippen molar-refractivity contribution < 1.29 is 14.3 Å². The minimum absolute atomic E-state index is 0.0190. The maximum Gasteiger partial charge on any atom is 0.225 e. The quantitative estimate of drug-likeness (QED) is 0.825. The average Bonchev–Trinajstić information content (AvgIpc) is 3.11. The smallest absolute Gasteiger partial charge is 0.225 e. The molecule has 2 aliphatic rings. The Kier molecular flexibility index (Phi) is 5.77. The number of benzene rings is 1. The molecule has 140 valence electrons. The van der Waals surface area contributed by atoms with Gasteiger partial charge in [-0.1, -0.05) is 42.5 Å². The van der Waals surface area contributed by atoms with Crippen LogP contribution in [-0.4, -0.2) is 43.0 Å². The first-order valence-corrected chi connectivity index (χ1v) is 9.34. The van der Waals surface area contributed by atoms with Crippen LogP contribution in [-0.2, 0) is 14.3 Å². The van der Waals surface area contributed by atoms with Gasteiger partial charge >= 0.3 is 0 Å². The van der Waals surface area contributed by atoms with Crippen LogP contribution in [0.4, 0.5) is 0 Å². The van der Waals surface area contributed by atoms with Crippen LogP contribution in [0, 0.1) is 11.8 Å². The molecule has 1 N–H and O–H groups in total. The topological polar surface area (TPSA) is 58.6 Å². The Hall–Kier alpha value is -2.14. The van der Waals surface area contributed by atoms with Gasteiger partial charge in [-0.2, -0.15) is 0 Å². The second-order valence-corrected chi connectivity index (χ2v) is 7.44. The van der Waals surface area contributed by atoms with E-state index in [0.717, 1.165) is 17.6 Å². The minimum atomic E-state index is -0.231. The first-order valence-electron chi connectivity index (χ1n) is 9.34. The summed E-state index contributed by atoms with van der Waals surface area (Å²) in [6, 6.07) is 9.61. The number of carbonyl (C=O) groups excluding carboxylic acids is 2. The highest BCUT2D eigenvalue weighted by atomic mass is 16.5. The summed E-state index contributed by atoms with van der Waals surface area (Å²) in [5.74, 6) is 0.153. The number of likely N-dealkylation sites (tertiary alicyclic amines) is 1. The molecular weight excluding hydrogens is 328 g/mol. The molecule has 5 heteroatoms. The van der Waals surface area contributed by atoms with E-state index in [1.165, 1.54) is 0 Å². The van der Waals surface area contributed by atoms with Crippen LogP contribution in [0.1, 0.15) is 37.8 Å². The number of piperidine rings is 1. The maximum atomic E-state index is 13.0. The van der Waals surface area contributed by atoms with E-state index in [0.29, 0.717) is 26.0 Å². The van der Waals surface area contributed by atoms with Crippen molar-refractivity contribution in [3.05, 3.63) is 48.0 Å².